The van der Waals surface area contributed by atoms with Gasteiger partial charge < -0.3 is 10.4 Å². The zero-order valence-corrected chi connectivity index (χ0v) is 18.1. The zero-order chi connectivity index (χ0) is 23.2. The first-order valence-corrected chi connectivity index (χ1v) is 10.5. The molecule has 6 nitrogen and oxygen atoms in total. The monoisotopic (exact) mass is 437 g/mol. The Hall–Kier alpha value is -4.45. The van der Waals surface area contributed by atoms with E-state index in [2.05, 4.69) is 15.8 Å². The Morgan fingerprint density at radius 1 is 0.848 bits per heavy atom. The van der Waals surface area contributed by atoms with Gasteiger partial charge in [0, 0.05) is 17.0 Å². The Balaban J connectivity index is 1.41. The standard InChI is InChI=1S/C27H23N3O3/c1-18(29-30-27(33)23-16-20-11-5-6-12-21(20)17-25(23)31)15-26(32)28-24-14-8-7-13-22(24)19-9-3-2-4-10-19/h2-14,16-17,31H,15H2,1H3,(H,28,32)(H,30,33)/b29-18+. The minimum Gasteiger partial charge on any atom is -0.507 e. The quantitative estimate of drug-likeness (QED) is 0.281. The zero-order valence-electron chi connectivity index (χ0n) is 18.1. The molecule has 0 aliphatic heterocycles. The minimum atomic E-state index is -0.549. The Morgan fingerprint density at radius 2 is 1.48 bits per heavy atom. The van der Waals surface area contributed by atoms with Gasteiger partial charge in [0.25, 0.3) is 5.91 Å². The van der Waals surface area contributed by atoms with Crippen LogP contribution in [0.3, 0.4) is 0 Å². The van der Waals surface area contributed by atoms with Crippen LogP contribution in [0.4, 0.5) is 5.69 Å². The van der Waals surface area contributed by atoms with Gasteiger partial charge in [-0.05, 0) is 41.5 Å². The van der Waals surface area contributed by atoms with Crippen LogP contribution in [-0.4, -0.2) is 22.6 Å². The Labute approximate surface area is 191 Å². The number of aromatic hydroxyl groups is 1. The molecule has 4 aromatic rings. The van der Waals surface area contributed by atoms with Crippen LogP contribution in [0.25, 0.3) is 21.9 Å². The number of nitrogens with zero attached hydrogens (tertiary/aromatic N) is 1. The number of para-hydroxylation sites is 1. The molecule has 4 rings (SSSR count). The number of amides is 2. The molecule has 0 spiro atoms. The van der Waals surface area contributed by atoms with E-state index < -0.39 is 5.91 Å². The summed E-state index contributed by atoms with van der Waals surface area (Å²) in [6.45, 7) is 1.66. The van der Waals surface area contributed by atoms with Crippen LogP contribution in [0.5, 0.6) is 5.75 Å². The smallest absolute Gasteiger partial charge is 0.275 e. The molecule has 6 heteroatoms. The lowest BCUT2D eigenvalue weighted by molar-refractivity contribution is -0.115. The third-order valence-electron chi connectivity index (χ3n) is 5.16. The summed E-state index contributed by atoms with van der Waals surface area (Å²) in [6, 6.07) is 27.9. The van der Waals surface area contributed by atoms with Gasteiger partial charge in [-0.3, -0.25) is 9.59 Å². The van der Waals surface area contributed by atoms with E-state index in [-0.39, 0.29) is 23.6 Å². The summed E-state index contributed by atoms with van der Waals surface area (Å²) in [7, 11) is 0. The number of fused-ring (bicyclic) bond motifs is 1. The first-order chi connectivity index (χ1) is 16.0. The van der Waals surface area contributed by atoms with E-state index in [1.54, 1.807) is 19.1 Å². The van der Waals surface area contributed by atoms with Gasteiger partial charge in [-0.15, -0.1) is 0 Å². The predicted octanol–water partition coefficient (Wildman–Crippen LogP) is 5.35. The Morgan fingerprint density at radius 3 is 2.24 bits per heavy atom. The molecular formula is C27H23N3O3. The van der Waals surface area contributed by atoms with Gasteiger partial charge in [0.1, 0.15) is 5.75 Å². The van der Waals surface area contributed by atoms with Gasteiger partial charge in [0.05, 0.1) is 12.0 Å². The van der Waals surface area contributed by atoms with E-state index in [1.165, 1.54) is 0 Å². The number of benzene rings is 4. The van der Waals surface area contributed by atoms with Gasteiger partial charge >= 0.3 is 0 Å². The van der Waals surface area contributed by atoms with Crippen molar-refractivity contribution in [2.75, 3.05) is 5.32 Å². The van der Waals surface area contributed by atoms with Crippen molar-refractivity contribution >= 4 is 34.0 Å². The maximum atomic E-state index is 12.6. The average molecular weight is 437 g/mol. The molecule has 0 radical (unpaired) electrons. The molecule has 3 N–H and O–H groups in total. The van der Waals surface area contributed by atoms with Crippen LogP contribution in [-0.2, 0) is 4.79 Å². The number of carbonyl (C=O) groups excluding carboxylic acids is 2. The van der Waals surface area contributed by atoms with Gasteiger partial charge in [0.15, 0.2) is 0 Å². The molecular weight excluding hydrogens is 414 g/mol. The van der Waals surface area contributed by atoms with E-state index >= 15 is 0 Å². The molecule has 0 aliphatic rings. The lowest BCUT2D eigenvalue weighted by atomic mass is 10.0. The molecule has 0 unspecified atom stereocenters. The third-order valence-corrected chi connectivity index (χ3v) is 5.16. The summed E-state index contributed by atoms with van der Waals surface area (Å²) in [5.74, 6) is -0.927. The second-order valence-corrected chi connectivity index (χ2v) is 7.64. The first kappa shape index (κ1) is 21.8. The number of rotatable bonds is 6. The molecule has 0 atom stereocenters. The molecule has 0 saturated carbocycles. The van der Waals surface area contributed by atoms with Crippen LogP contribution in [0, 0.1) is 0 Å². The second-order valence-electron chi connectivity index (χ2n) is 7.64. The van der Waals surface area contributed by atoms with Crippen molar-refractivity contribution in [1.29, 1.82) is 0 Å². The van der Waals surface area contributed by atoms with Crippen LogP contribution in [0.1, 0.15) is 23.7 Å². The molecule has 0 aromatic heterocycles. The molecule has 33 heavy (non-hydrogen) atoms. The SMILES string of the molecule is C/C(CC(=O)Nc1ccccc1-c1ccccc1)=N\NC(=O)c1cc2ccccc2cc1O. The fraction of sp³-hybridized carbons (Fsp3) is 0.0741. The number of carbonyl (C=O) groups is 2. The summed E-state index contributed by atoms with van der Waals surface area (Å²) in [6.07, 6.45) is 0.00705. The summed E-state index contributed by atoms with van der Waals surface area (Å²) in [4.78, 5) is 25.1. The number of anilines is 1. The van der Waals surface area contributed by atoms with Crippen molar-refractivity contribution in [2.24, 2.45) is 5.10 Å². The maximum Gasteiger partial charge on any atom is 0.275 e. The lowest BCUT2D eigenvalue weighted by Crippen LogP contribution is -2.21. The fourth-order valence-corrected chi connectivity index (χ4v) is 3.54. The van der Waals surface area contributed by atoms with Crippen LogP contribution >= 0.6 is 0 Å². The van der Waals surface area contributed by atoms with Crippen LogP contribution in [0.2, 0.25) is 0 Å². The number of hydrazone groups is 1. The highest BCUT2D eigenvalue weighted by atomic mass is 16.3. The highest BCUT2D eigenvalue weighted by Gasteiger charge is 2.13. The van der Waals surface area contributed by atoms with Gasteiger partial charge in [-0.2, -0.15) is 5.10 Å². The molecule has 0 bridgehead atoms. The second kappa shape index (κ2) is 9.78. The largest absolute Gasteiger partial charge is 0.507 e. The Bertz CT molecular complexity index is 1350. The van der Waals surface area contributed by atoms with Crippen molar-refractivity contribution in [2.45, 2.75) is 13.3 Å². The topological polar surface area (TPSA) is 90.8 Å². The van der Waals surface area contributed by atoms with E-state index in [4.69, 9.17) is 0 Å². The number of phenolic OH excluding ortho intramolecular Hbond substituents is 1. The molecule has 0 heterocycles. The van der Waals surface area contributed by atoms with Gasteiger partial charge in [0.2, 0.25) is 5.91 Å². The number of hydrogen-bond donors (Lipinski definition) is 3. The van der Waals surface area contributed by atoms with Crippen molar-refractivity contribution in [1.82, 2.24) is 5.43 Å². The number of phenols is 1. The predicted molar refractivity (Wildman–Crippen MR) is 131 cm³/mol. The van der Waals surface area contributed by atoms with Gasteiger partial charge in [-0.1, -0.05) is 72.8 Å². The number of nitrogens with one attached hydrogen (secondary N) is 2. The van der Waals surface area contributed by atoms with E-state index in [0.717, 1.165) is 21.9 Å². The first-order valence-electron chi connectivity index (χ1n) is 10.5. The van der Waals surface area contributed by atoms with Crippen LogP contribution < -0.4 is 10.7 Å². The van der Waals surface area contributed by atoms with Crippen LogP contribution in [0.15, 0.2) is 96.1 Å². The van der Waals surface area contributed by atoms with E-state index in [1.807, 2.05) is 78.9 Å². The number of hydrogen-bond acceptors (Lipinski definition) is 4. The average Bonchev–Trinajstić information content (AvgIpc) is 2.83. The molecule has 2 amide bonds. The lowest BCUT2D eigenvalue weighted by Gasteiger charge is -2.11. The minimum absolute atomic E-state index is 0.00705. The van der Waals surface area contributed by atoms with Crippen molar-refractivity contribution < 1.29 is 14.7 Å². The summed E-state index contributed by atoms with van der Waals surface area (Å²) in [5.41, 5.74) is 5.59. The summed E-state index contributed by atoms with van der Waals surface area (Å²) < 4.78 is 0. The highest BCUT2D eigenvalue weighted by Crippen LogP contribution is 2.28. The van der Waals surface area contributed by atoms with E-state index in [9.17, 15) is 14.7 Å². The summed E-state index contributed by atoms with van der Waals surface area (Å²) >= 11 is 0. The van der Waals surface area contributed by atoms with Crippen molar-refractivity contribution in [3.63, 3.8) is 0 Å². The molecule has 0 fully saturated rings. The third kappa shape index (κ3) is 5.25. The molecule has 164 valence electrons. The Kier molecular flexibility index (Phi) is 6.45. The molecule has 0 aliphatic carbocycles. The highest BCUT2D eigenvalue weighted by molar-refractivity contribution is 6.07. The van der Waals surface area contributed by atoms with Crippen molar-refractivity contribution in [3.05, 3.63) is 96.6 Å². The van der Waals surface area contributed by atoms with E-state index in [0.29, 0.717) is 11.4 Å². The van der Waals surface area contributed by atoms with Gasteiger partial charge in [-0.25, -0.2) is 5.43 Å². The van der Waals surface area contributed by atoms with Crippen molar-refractivity contribution in [3.8, 4) is 16.9 Å². The fourth-order valence-electron chi connectivity index (χ4n) is 3.54. The normalized spacial score (nSPS) is 11.2. The molecule has 4 aromatic carbocycles. The maximum absolute atomic E-state index is 12.6. The summed E-state index contributed by atoms with van der Waals surface area (Å²) in [5, 5.41) is 18.8. The molecule has 0 saturated heterocycles.